The molecular formula is C30H27F4N5O6S. The number of carboxylic acid groups (broad SMARTS) is 1. The number of thiophene rings is 1. The Labute approximate surface area is 263 Å². The van der Waals surface area contributed by atoms with Gasteiger partial charge in [-0.3, -0.25) is 25.1 Å². The summed E-state index contributed by atoms with van der Waals surface area (Å²) in [4.78, 5) is 51.8. The number of hydrogen-bond donors (Lipinski definition) is 5. The first-order valence-corrected chi connectivity index (χ1v) is 14.8. The van der Waals surface area contributed by atoms with Crippen LogP contribution in [0.25, 0.3) is 11.1 Å². The van der Waals surface area contributed by atoms with E-state index in [9.17, 15) is 36.7 Å². The van der Waals surface area contributed by atoms with Crippen LogP contribution in [-0.4, -0.2) is 71.5 Å². The van der Waals surface area contributed by atoms with E-state index in [2.05, 4.69) is 15.4 Å². The molecule has 5 rings (SSSR count). The van der Waals surface area contributed by atoms with Gasteiger partial charge in [0.15, 0.2) is 0 Å². The van der Waals surface area contributed by atoms with E-state index >= 15 is 0 Å². The second-order valence-electron chi connectivity index (χ2n) is 10.7. The summed E-state index contributed by atoms with van der Waals surface area (Å²) >= 11 is 1.14. The number of alkyl halides is 4. The zero-order valence-corrected chi connectivity index (χ0v) is 24.8. The predicted molar refractivity (Wildman–Crippen MR) is 157 cm³/mol. The third-order valence-electron chi connectivity index (χ3n) is 7.68. The number of carbonyl (C=O) groups is 4. The van der Waals surface area contributed by atoms with Gasteiger partial charge in [-0.2, -0.15) is 17.6 Å². The molecule has 1 aliphatic heterocycles. The summed E-state index contributed by atoms with van der Waals surface area (Å²) in [7, 11) is 0. The summed E-state index contributed by atoms with van der Waals surface area (Å²) < 4.78 is 60.4. The molecule has 2 heterocycles. The number of nitrogens with zero attached hydrogens (tertiary/aromatic N) is 1. The largest absolute Gasteiger partial charge is 0.465 e. The molecule has 0 spiro atoms. The maximum atomic E-state index is 14.9. The molecule has 16 heteroatoms. The molecule has 0 unspecified atom stereocenters. The number of halogens is 4. The van der Waals surface area contributed by atoms with Crippen molar-refractivity contribution in [1.29, 1.82) is 5.41 Å². The number of rotatable bonds is 9. The molecule has 3 atom stereocenters. The van der Waals surface area contributed by atoms with Gasteiger partial charge in [0.05, 0.1) is 18.7 Å². The Hall–Kier alpha value is -4.83. The second kappa shape index (κ2) is 12.9. The summed E-state index contributed by atoms with van der Waals surface area (Å²) in [5.41, 5.74) is 0.325. The summed E-state index contributed by atoms with van der Waals surface area (Å²) in [6.07, 6.45) is -2.83. The van der Waals surface area contributed by atoms with Crippen molar-refractivity contribution in [3.05, 3.63) is 81.0 Å². The highest BCUT2D eigenvalue weighted by molar-refractivity contribution is 7.10. The van der Waals surface area contributed by atoms with Gasteiger partial charge in [-0.05, 0) is 36.2 Å². The fourth-order valence-electron chi connectivity index (χ4n) is 5.51. The molecule has 1 fully saturated rings. The lowest BCUT2D eigenvalue weighted by Gasteiger charge is -2.25. The third kappa shape index (κ3) is 6.57. The average molecular weight is 662 g/mol. The maximum absolute atomic E-state index is 14.9. The van der Waals surface area contributed by atoms with Crippen LogP contribution in [0.3, 0.4) is 0 Å². The molecule has 1 saturated heterocycles. The molecule has 2 aliphatic rings. The van der Waals surface area contributed by atoms with E-state index in [0.717, 1.165) is 22.3 Å². The van der Waals surface area contributed by atoms with Crippen LogP contribution in [0.5, 0.6) is 0 Å². The van der Waals surface area contributed by atoms with Crippen LogP contribution in [0.1, 0.15) is 51.3 Å². The Kier molecular flexibility index (Phi) is 9.12. The minimum Gasteiger partial charge on any atom is -0.465 e. The number of amides is 4. The number of hydrogen-bond acceptors (Lipinski definition) is 7. The SMILES string of the molecule is C[C@@H](NC(=O)[C@@H]1C[C@@H](OC(F)F)CN1C(=O)CNC(=O)c1ccc2c(c1)-c1ccccc1C2(F)F)c1cc(C(=N)NC(=O)O)cs1. The minimum absolute atomic E-state index is 0.0180. The Morgan fingerprint density at radius 2 is 1.80 bits per heavy atom. The average Bonchev–Trinajstić information content (AvgIpc) is 3.71. The topological polar surface area (TPSA) is 161 Å². The Morgan fingerprint density at radius 3 is 2.52 bits per heavy atom. The van der Waals surface area contributed by atoms with Gasteiger partial charge in [0.25, 0.3) is 11.8 Å². The molecule has 1 aliphatic carbocycles. The van der Waals surface area contributed by atoms with Crippen molar-refractivity contribution < 1.29 is 46.6 Å². The molecule has 11 nitrogen and oxygen atoms in total. The van der Waals surface area contributed by atoms with Gasteiger partial charge in [0.2, 0.25) is 11.8 Å². The van der Waals surface area contributed by atoms with Gasteiger partial charge in [-0.1, -0.05) is 30.3 Å². The summed E-state index contributed by atoms with van der Waals surface area (Å²) in [6, 6.07) is 9.24. The minimum atomic E-state index is -3.23. The first-order chi connectivity index (χ1) is 21.8. The molecule has 4 amide bonds. The van der Waals surface area contributed by atoms with Crippen molar-refractivity contribution in [1.82, 2.24) is 20.9 Å². The number of carbonyl (C=O) groups excluding carboxylic acids is 3. The maximum Gasteiger partial charge on any atom is 0.410 e. The number of benzene rings is 2. The molecule has 5 N–H and O–H groups in total. The van der Waals surface area contributed by atoms with E-state index in [0.29, 0.717) is 4.88 Å². The number of nitrogens with one attached hydrogen (secondary N) is 4. The second-order valence-corrected chi connectivity index (χ2v) is 11.6. The van der Waals surface area contributed by atoms with E-state index in [1.165, 1.54) is 41.8 Å². The smallest absolute Gasteiger partial charge is 0.410 e. The first kappa shape index (κ1) is 32.6. The highest BCUT2D eigenvalue weighted by Crippen LogP contribution is 2.50. The van der Waals surface area contributed by atoms with Crippen LogP contribution in [0, 0.1) is 5.41 Å². The van der Waals surface area contributed by atoms with Crippen molar-refractivity contribution in [3.8, 4) is 11.1 Å². The number of likely N-dealkylation sites (tertiary alicyclic amines) is 1. The van der Waals surface area contributed by atoms with Gasteiger partial charge >= 0.3 is 12.7 Å². The summed E-state index contributed by atoms with van der Waals surface area (Å²) in [6.45, 7) is -2.51. The van der Waals surface area contributed by atoms with Gasteiger partial charge in [0.1, 0.15) is 11.9 Å². The molecular weight excluding hydrogens is 634 g/mol. The molecule has 0 saturated carbocycles. The lowest BCUT2D eigenvalue weighted by atomic mass is 10.0. The highest BCUT2D eigenvalue weighted by atomic mass is 32.1. The third-order valence-corrected chi connectivity index (χ3v) is 8.80. The van der Waals surface area contributed by atoms with Crippen LogP contribution in [-0.2, 0) is 20.2 Å². The number of ether oxygens (including phenoxy) is 1. The van der Waals surface area contributed by atoms with E-state index in [4.69, 9.17) is 10.5 Å². The van der Waals surface area contributed by atoms with Gasteiger partial charge < -0.3 is 25.4 Å². The molecule has 2 aromatic carbocycles. The van der Waals surface area contributed by atoms with Gasteiger partial charge in [0, 0.05) is 45.5 Å². The summed E-state index contributed by atoms with van der Waals surface area (Å²) in [5, 5.41) is 25.2. The number of amidine groups is 1. The van der Waals surface area contributed by atoms with Gasteiger partial charge in [-0.15, -0.1) is 11.3 Å². The Bertz CT molecular complexity index is 1720. The van der Waals surface area contributed by atoms with Crippen molar-refractivity contribution in [2.24, 2.45) is 0 Å². The van der Waals surface area contributed by atoms with Crippen LogP contribution in [0.15, 0.2) is 53.9 Å². The molecule has 46 heavy (non-hydrogen) atoms. The van der Waals surface area contributed by atoms with Gasteiger partial charge in [-0.25, -0.2) is 4.79 Å². The summed E-state index contributed by atoms with van der Waals surface area (Å²) in [5.74, 6) is -5.78. The zero-order valence-electron chi connectivity index (χ0n) is 24.0. The van der Waals surface area contributed by atoms with E-state index in [1.54, 1.807) is 13.0 Å². The predicted octanol–water partition coefficient (Wildman–Crippen LogP) is 4.28. The lowest BCUT2D eigenvalue weighted by molar-refractivity contribution is -0.160. The number of fused-ring (bicyclic) bond motifs is 3. The fraction of sp³-hybridized carbons (Fsp3) is 0.300. The monoisotopic (exact) mass is 661 g/mol. The van der Waals surface area contributed by atoms with Crippen molar-refractivity contribution in [2.75, 3.05) is 13.1 Å². The Balaban J connectivity index is 1.25. The van der Waals surface area contributed by atoms with Crippen LogP contribution >= 0.6 is 11.3 Å². The lowest BCUT2D eigenvalue weighted by Crippen LogP contribution is -2.49. The van der Waals surface area contributed by atoms with E-state index in [1.807, 2.05) is 5.32 Å². The standard InChI is InChI=1S/C30H27F4N5O6S/c1-14(23-9-16(13-46-23)25(35)38-29(43)44)37-27(42)22-10-17(45-28(31)32)12-39(22)24(40)11-36-26(41)15-6-7-21-19(8-15)18-4-2-3-5-20(18)30(21,33)34/h2-9,13-14,17,22,28H,10-12H2,1H3,(H2,35,38)(H,36,41)(H,37,42)(H,43,44)/t14-,17-,22+/m1/s1. The van der Waals surface area contributed by atoms with Crippen molar-refractivity contribution >= 4 is 41.0 Å². The van der Waals surface area contributed by atoms with E-state index in [-0.39, 0.29) is 52.2 Å². The molecule has 1 aromatic heterocycles. The Morgan fingerprint density at radius 1 is 1.09 bits per heavy atom. The highest BCUT2D eigenvalue weighted by Gasteiger charge is 2.44. The molecule has 242 valence electrons. The van der Waals surface area contributed by atoms with Crippen LogP contribution in [0.2, 0.25) is 0 Å². The normalized spacial score (nSPS) is 18.4. The molecule has 0 bridgehead atoms. The van der Waals surface area contributed by atoms with Crippen molar-refractivity contribution in [3.63, 3.8) is 0 Å². The molecule has 3 aromatic rings. The van der Waals surface area contributed by atoms with Crippen molar-refractivity contribution in [2.45, 2.75) is 44.1 Å². The first-order valence-electron chi connectivity index (χ1n) is 13.9. The van der Waals surface area contributed by atoms with Crippen LogP contribution in [0.4, 0.5) is 22.4 Å². The quantitative estimate of drug-likeness (QED) is 0.131. The van der Waals surface area contributed by atoms with Crippen LogP contribution < -0.4 is 16.0 Å². The molecule has 0 radical (unpaired) electrons. The zero-order chi connectivity index (χ0) is 33.3. The fourth-order valence-corrected chi connectivity index (χ4v) is 6.42. The van der Waals surface area contributed by atoms with E-state index < -0.39 is 61.1 Å².